The second-order valence-corrected chi connectivity index (χ2v) is 5.86. The van der Waals surface area contributed by atoms with Crippen molar-refractivity contribution in [2.45, 2.75) is 46.5 Å². The molecule has 0 saturated carbocycles. The Morgan fingerprint density at radius 2 is 1.42 bits per heavy atom. The number of benzene rings is 1. The maximum Gasteiger partial charge on any atom is 0.0705 e. The Labute approximate surface area is 116 Å². The summed E-state index contributed by atoms with van der Waals surface area (Å²) in [5, 5.41) is 0. The molecule has 1 heteroatoms. The number of pyridine rings is 1. The number of nitrogens with zero attached hydrogens (tertiary/aromatic N) is 1. The van der Waals surface area contributed by atoms with Gasteiger partial charge in [0.1, 0.15) is 0 Å². The van der Waals surface area contributed by atoms with Gasteiger partial charge in [-0.1, -0.05) is 39.8 Å². The average molecular weight is 253 g/mol. The Morgan fingerprint density at radius 3 is 1.89 bits per heavy atom. The van der Waals surface area contributed by atoms with Gasteiger partial charge in [0.05, 0.1) is 5.69 Å². The van der Waals surface area contributed by atoms with E-state index in [-0.39, 0.29) is 0 Å². The highest BCUT2D eigenvalue weighted by Crippen LogP contribution is 2.28. The highest BCUT2D eigenvalue weighted by atomic mass is 14.7. The third kappa shape index (κ3) is 3.23. The van der Waals surface area contributed by atoms with E-state index in [2.05, 4.69) is 63.0 Å². The van der Waals surface area contributed by atoms with Crippen LogP contribution >= 0.6 is 0 Å². The van der Waals surface area contributed by atoms with Crippen LogP contribution in [0.4, 0.5) is 0 Å². The molecule has 0 aliphatic carbocycles. The van der Waals surface area contributed by atoms with Crippen molar-refractivity contribution in [1.29, 1.82) is 0 Å². The molecule has 0 spiro atoms. The zero-order valence-corrected chi connectivity index (χ0v) is 12.6. The third-order valence-corrected chi connectivity index (χ3v) is 3.50. The molecule has 0 bridgehead atoms. The molecule has 1 aromatic carbocycles. The molecule has 0 aliphatic heterocycles. The smallest absolute Gasteiger partial charge is 0.0705 e. The fraction of sp³-hybridized carbons (Fsp3) is 0.389. The van der Waals surface area contributed by atoms with E-state index in [1.165, 1.54) is 16.7 Å². The minimum Gasteiger partial charge on any atom is -0.253 e. The van der Waals surface area contributed by atoms with Crippen molar-refractivity contribution in [3.8, 4) is 11.3 Å². The summed E-state index contributed by atoms with van der Waals surface area (Å²) in [5.74, 6) is 1.09. The number of rotatable bonds is 3. The van der Waals surface area contributed by atoms with Gasteiger partial charge in [0.25, 0.3) is 0 Å². The van der Waals surface area contributed by atoms with Crippen molar-refractivity contribution in [3.05, 3.63) is 53.2 Å². The van der Waals surface area contributed by atoms with Gasteiger partial charge in [0.2, 0.25) is 0 Å². The molecule has 100 valence electrons. The van der Waals surface area contributed by atoms with Crippen LogP contribution in [-0.2, 0) is 0 Å². The van der Waals surface area contributed by atoms with Gasteiger partial charge in [-0.3, -0.25) is 4.98 Å². The van der Waals surface area contributed by atoms with Crippen molar-refractivity contribution in [1.82, 2.24) is 4.98 Å². The lowest BCUT2D eigenvalue weighted by Gasteiger charge is -2.14. The molecule has 0 fully saturated rings. The Hall–Kier alpha value is -1.63. The molecule has 0 N–H and O–H groups in total. The Kier molecular flexibility index (Phi) is 4.04. The highest BCUT2D eigenvalue weighted by Gasteiger charge is 2.09. The van der Waals surface area contributed by atoms with Crippen LogP contribution in [-0.4, -0.2) is 4.98 Å². The Morgan fingerprint density at radius 1 is 0.842 bits per heavy atom. The second-order valence-electron chi connectivity index (χ2n) is 5.86. The molecule has 0 aliphatic rings. The van der Waals surface area contributed by atoms with Crippen LogP contribution in [0.5, 0.6) is 0 Å². The summed E-state index contributed by atoms with van der Waals surface area (Å²) in [5.41, 5.74) is 6.16. The first-order valence-electron chi connectivity index (χ1n) is 7.06. The molecule has 0 atom stereocenters. The number of aryl methyl sites for hydroxylation is 1. The number of hydrogen-bond acceptors (Lipinski definition) is 1. The minimum absolute atomic E-state index is 0.544. The zero-order valence-electron chi connectivity index (χ0n) is 12.6. The number of hydrogen-bond donors (Lipinski definition) is 0. The predicted octanol–water partition coefficient (Wildman–Crippen LogP) is 5.30. The molecule has 0 saturated heterocycles. The molecule has 1 aromatic heterocycles. The summed E-state index contributed by atoms with van der Waals surface area (Å²) in [4.78, 5) is 4.64. The lowest BCUT2D eigenvalue weighted by molar-refractivity contribution is 0.834. The maximum absolute atomic E-state index is 4.64. The van der Waals surface area contributed by atoms with Gasteiger partial charge in [-0.15, -0.1) is 0 Å². The normalized spacial score (nSPS) is 11.3. The standard InChI is InChI=1S/C18H23N/c1-12(2)15-9-16(13(3)4)11-17(10-15)18-8-6-7-14(5)19-18/h6-13H,1-5H3. The molecular formula is C18H23N. The molecule has 0 radical (unpaired) electrons. The molecule has 1 nitrogen and oxygen atoms in total. The molecule has 19 heavy (non-hydrogen) atoms. The molecule has 0 amide bonds. The van der Waals surface area contributed by atoms with E-state index in [4.69, 9.17) is 0 Å². The quantitative estimate of drug-likeness (QED) is 0.723. The van der Waals surface area contributed by atoms with Crippen LogP contribution < -0.4 is 0 Å². The topological polar surface area (TPSA) is 12.9 Å². The lowest BCUT2D eigenvalue weighted by atomic mass is 9.92. The second kappa shape index (κ2) is 5.56. The summed E-state index contributed by atoms with van der Waals surface area (Å²) in [7, 11) is 0. The molecule has 2 aromatic rings. The van der Waals surface area contributed by atoms with Crippen LogP contribution in [0.1, 0.15) is 56.4 Å². The minimum atomic E-state index is 0.544. The lowest BCUT2D eigenvalue weighted by Crippen LogP contribution is -1.96. The molecule has 2 rings (SSSR count). The first-order valence-corrected chi connectivity index (χ1v) is 7.06. The van der Waals surface area contributed by atoms with E-state index in [0.29, 0.717) is 11.8 Å². The van der Waals surface area contributed by atoms with Crippen molar-refractivity contribution in [3.63, 3.8) is 0 Å². The van der Waals surface area contributed by atoms with Crippen molar-refractivity contribution in [2.75, 3.05) is 0 Å². The molecular weight excluding hydrogens is 230 g/mol. The number of aromatic nitrogens is 1. The van der Waals surface area contributed by atoms with E-state index in [1.54, 1.807) is 0 Å². The van der Waals surface area contributed by atoms with Crippen LogP contribution in [0, 0.1) is 6.92 Å². The van der Waals surface area contributed by atoms with E-state index in [9.17, 15) is 0 Å². The van der Waals surface area contributed by atoms with Gasteiger partial charge < -0.3 is 0 Å². The molecule has 1 heterocycles. The fourth-order valence-corrected chi connectivity index (χ4v) is 2.19. The van der Waals surface area contributed by atoms with Crippen molar-refractivity contribution in [2.24, 2.45) is 0 Å². The average Bonchev–Trinajstić information content (AvgIpc) is 2.38. The SMILES string of the molecule is Cc1cccc(-c2cc(C(C)C)cc(C(C)C)c2)n1. The monoisotopic (exact) mass is 253 g/mol. The first kappa shape index (κ1) is 13.8. The van der Waals surface area contributed by atoms with E-state index >= 15 is 0 Å². The van der Waals surface area contributed by atoms with Crippen LogP contribution in [0.25, 0.3) is 11.3 Å². The predicted molar refractivity (Wildman–Crippen MR) is 82.6 cm³/mol. The van der Waals surface area contributed by atoms with Gasteiger partial charge in [-0.2, -0.15) is 0 Å². The Balaban J connectivity index is 2.56. The van der Waals surface area contributed by atoms with Crippen molar-refractivity contribution >= 4 is 0 Å². The van der Waals surface area contributed by atoms with E-state index in [0.717, 1.165) is 11.4 Å². The highest BCUT2D eigenvalue weighted by molar-refractivity contribution is 5.62. The first-order chi connectivity index (χ1) is 8.97. The molecule has 0 unspecified atom stereocenters. The Bertz CT molecular complexity index is 541. The van der Waals surface area contributed by atoms with Crippen LogP contribution in [0.3, 0.4) is 0 Å². The third-order valence-electron chi connectivity index (χ3n) is 3.50. The summed E-state index contributed by atoms with van der Waals surface area (Å²) < 4.78 is 0. The zero-order chi connectivity index (χ0) is 14.0. The summed E-state index contributed by atoms with van der Waals surface area (Å²) in [6.07, 6.45) is 0. The fourth-order valence-electron chi connectivity index (χ4n) is 2.19. The van der Waals surface area contributed by atoms with Crippen molar-refractivity contribution < 1.29 is 0 Å². The summed E-state index contributed by atoms with van der Waals surface area (Å²) >= 11 is 0. The van der Waals surface area contributed by atoms with Gasteiger partial charge >= 0.3 is 0 Å². The summed E-state index contributed by atoms with van der Waals surface area (Å²) in [6, 6.07) is 13.1. The van der Waals surface area contributed by atoms with Gasteiger partial charge in [-0.05, 0) is 54.2 Å². The van der Waals surface area contributed by atoms with Gasteiger partial charge in [0.15, 0.2) is 0 Å². The van der Waals surface area contributed by atoms with Gasteiger partial charge in [-0.25, -0.2) is 0 Å². The summed E-state index contributed by atoms with van der Waals surface area (Å²) in [6.45, 7) is 11.0. The van der Waals surface area contributed by atoms with Crippen LogP contribution in [0.2, 0.25) is 0 Å². The maximum atomic E-state index is 4.64. The largest absolute Gasteiger partial charge is 0.253 e. The van der Waals surface area contributed by atoms with E-state index in [1.807, 2.05) is 13.0 Å². The van der Waals surface area contributed by atoms with E-state index < -0.39 is 0 Å². The van der Waals surface area contributed by atoms with Gasteiger partial charge in [0, 0.05) is 11.3 Å². The van der Waals surface area contributed by atoms with Crippen LogP contribution in [0.15, 0.2) is 36.4 Å².